The first-order valence-corrected chi connectivity index (χ1v) is 7.20. The van der Waals surface area contributed by atoms with Gasteiger partial charge < -0.3 is 9.84 Å². The van der Waals surface area contributed by atoms with Crippen molar-refractivity contribution < 1.29 is 9.84 Å². The molecule has 1 N–H and O–H groups in total. The number of aliphatic hydroxyl groups excluding tert-OH is 1. The lowest BCUT2D eigenvalue weighted by molar-refractivity contribution is 0.167. The van der Waals surface area contributed by atoms with Crippen LogP contribution in [0.15, 0.2) is 18.2 Å². The van der Waals surface area contributed by atoms with Crippen LogP contribution in [-0.2, 0) is 0 Å². The minimum atomic E-state index is -0.146. The molecular weight excluding hydrogens is 238 g/mol. The van der Waals surface area contributed by atoms with Crippen LogP contribution < -0.4 is 4.74 Å². The SMILES string of the molecule is Cc1cc(OCCN2CCC(O)C2)ccc1C(C)C. The Balaban J connectivity index is 1.81. The van der Waals surface area contributed by atoms with Gasteiger partial charge in [-0.05, 0) is 42.5 Å². The summed E-state index contributed by atoms with van der Waals surface area (Å²) < 4.78 is 5.80. The molecule has 1 aromatic rings. The fourth-order valence-electron chi connectivity index (χ4n) is 2.69. The molecule has 3 heteroatoms. The second-order valence-corrected chi connectivity index (χ2v) is 5.76. The van der Waals surface area contributed by atoms with Crippen molar-refractivity contribution in [2.24, 2.45) is 0 Å². The molecule has 3 nitrogen and oxygen atoms in total. The van der Waals surface area contributed by atoms with Crippen LogP contribution >= 0.6 is 0 Å². The van der Waals surface area contributed by atoms with Gasteiger partial charge in [0, 0.05) is 19.6 Å². The summed E-state index contributed by atoms with van der Waals surface area (Å²) in [4.78, 5) is 2.25. The highest BCUT2D eigenvalue weighted by molar-refractivity contribution is 5.36. The number of likely N-dealkylation sites (tertiary alicyclic amines) is 1. The Hall–Kier alpha value is -1.06. The van der Waals surface area contributed by atoms with E-state index in [1.807, 2.05) is 0 Å². The number of rotatable bonds is 5. The van der Waals surface area contributed by atoms with Gasteiger partial charge in [-0.1, -0.05) is 19.9 Å². The molecule has 0 amide bonds. The minimum Gasteiger partial charge on any atom is -0.492 e. The fourth-order valence-corrected chi connectivity index (χ4v) is 2.69. The summed E-state index contributed by atoms with van der Waals surface area (Å²) in [5.41, 5.74) is 2.68. The van der Waals surface area contributed by atoms with E-state index in [4.69, 9.17) is 4.74 Å². The Morgan fingerprint density at radius 1 is 1.42 bits per heavy atom. The first kappa shape index (κ1) is 14.4. The zero-order valence-corrected chi connectivity index (χ0v) is 12.2. The van der Waals surface area contributed by atoms with Gasteiger partial charge in [-0.25, -0.2) is 0 Å². The zero-order valence-electron chi connectivity index (χ0n) is 12.2. The standard InChI is InChI=1S/C16H25NO2/c1-12(2)16-5-4-15(10-13(16)3)19-9-8-17-7-6-14(18)11-17/h4-5,10,12,14,18H,6-9,11H2,1-3H3. The van der Waals surface area contributed by atoms with Crippen LogP contribution in [0.3, 0.4) is 0 Å². The van der Waals surface area contributed by atoms with E-state index >= 15 is 0 Å². The summed E-state index contributed by atoms with van der Waals surface area (Å²) in [7, 11) is 0. The number of nitrogens with zero attached hydrogens (tertiary/aromatic N) is 1. The summed E-state index contributed by atoms with van der Waals surface area (Å²) in [5, 5.41) is 9.45. The quantitative estimate of drug-likeness (QED) is 0.886. The summed E-state index contributed by atoms with van der Waals surface area (Å²) in [6.45, 7) is 9.90. The number of benzene rings is 1. The molecule has 1 fully saturated rings. The van der Waals surface area contributed by atoms with E-state index in [0.29, 0.717) is 12.5 Å². The molecule has 0 radical (unpaired) electrons. The second-order valence-electron chi connectivity index (χ2n) is 5.76. The lowest BCUT2D eigenvalue weighted by atomic mass is 9.98. The highest BCUT2D eigenvalue weighted by Gasteiger charge is 2.19. The van der Waals surface area contributed by atoms with Crippen molar-refractivity contribution >= 4 is 0 Å². The van der Waals surface area contributed by atoms with Crippen LogP contribution in [-0.4, -0.2) is 42.4 Å². The maximum Gasteiger partial charge on any atom is 0.119 e. The van der Waals surface area contributed by atoms with E-state index in [0.717, 1.165) is 31.8 Å². The Morgan fingerprint density at radius 3 is 2.79 bits per heavy atom. The number of hydrogen-bond donors (Lipinski definition) is 1. The summed E-state index contributed by atoms with van der Waals surface area (Å²) >= 11 is 0. The van der Waals surface area contributed by atoms with E-state index in [-0.39, 0.29) is 6.10 Å². The molecule has 1 saturated heterocycles. The van der Waals surface area contributed by atoms with E-state index in [2.05, 4.69) is 43.9 Å². The number of aliphatic hydroxyl groups is 1. The average molecular weight is 263 g/mol. The molecule has 2 rings (SSSR count). The van der Waals surface area contributed by atoms with Gasteiger partial charge in [0.2, 0.25) is 0 Å². The predicted octanol–water partition coefficient (Wildman–Crippen LogP) is 2.56. The summed E-state index contributed by atoms with van der Waals surface area (Å²) in [6.07, 6.45) is 0.745. The normalized spacial score (nSPS) is 20.2. The lowest BCUT2D eigenvalue weighted by Gasteiger charge is -2.16. The van der Waals surface area contributed by atoms with Crippen molar-refractivity contribution in [3.05, 3.63) is 29.3 Å². The van der Waals surface area contributed by atoms with Crippen molar-refractivity contribution in [2.45, 2.75) is 39.2 Å². The summed E-state index contributed by atoms with van der Waals surface area (Å²) in [6, 6.07) is 6.34. The van der Waals surface area contributed by atoms with Crippen molar-refractivity contribution in [3.8, 4) is 5.75 Å². The minimum absolute atomic E-state index is 0.146. The molecule has 1 aliphatic rings. The Morgan fingerprint density at radius 2 is 2.21 bits per heavy atom. The molecule has 19 heavy (non-hydrogen) atoms. The van der Waals surface area contributed by atoms with Crippen molar-refractivity contribution in [2.75, 3.05) is 26.2 Å². The Kier molecular flexibility index (Phi) is 4.83. The van der Waals surface area contributed by atoms with E-state index in [1.165, 1.54) is 11.1 Å². The third kappa shape index (κ3) is 3.95. The Bertz CT molecular complexity index is 417. The smallest absolute Gasteiger partial charge is 0.119 e. The van der Waals surface area contributed by atoms with Crippen LogP contribution in [0.1, 0.15) is 37.3 Å². The third-order valence-corrected chi connectivity index (χ3v) is 3.79. The summed E-state index contributed by atoms with van der Waals surface area (Å²) in [5.74, 6) is 1.50. The fraction of sp³-hybridized carbons (Fsp3) is 0.625. The van der Waals surface area contributed by atoms with Gasteiger partial charge in [-0.2, -0.15) is 0 Å². The number of ether oxygens (including phenoxy) is 1. The van der Waals surface area contributed by atoms with Crippen LogP contribution in [0, 0.1) is 6.92 Å². The molecule has 0 saturated carbocycles. The van der Waals surface area contributed by atoms with Gasteiger partial charge in [0.1, 0.15) is 12.4 Å². The zero-order chi connectivity index (χ0) is 13.8. The molecule has 1 atom stereocenters. The highest BCUT2D eigenvalue weighted by Crippen LogP contribution is 2.23. The van der Waals surface area contributed by atoms with Crippen LogP contribution in [0.5, 0.6) is 5.75 Å². The van der Waals surface area contributed by atoms with E-state index in [9.17, 15) is 5.11 Å². The first-order chi connectivity index (χ1) is 9.06. The average Bonchev–Trinajstić information content (AvgIpc) is 2.75. The van der Waals surface area contributed by atoms with Crippen LogP contribution in [0.2, 0.25) is 0 Å². The number of hydrogen-bond acceptors (Lipinski definition) is 3. The molecular formula is C16H25NO2. The molecule has 1 aliphatic heterocycles. The van der Waals surface area contributed by atoms with Gasteiger partial charge in [0.15, 0.2) is 0 Å². The van der Waals surface area contributed by atoms with Crippen molar-refractivity contribution in [1.29, 1.82) is 0 Å². The third-order valence-electron chi connectivity index (χ3n) is 3.79. The van der Waals surface area contributed by atoms with Gasteiger partial charge in [-0.15, -0.1) is 0 Å². The lowest BCUT2D eigenvalue weighted by Crippen LogP contribution is -2.27. The van der Waals surface area contributed by atoms with Gasteiger partial charge >= 0.3 is 0 Å². The topological polar surface area (TPSA) is 32.7 Å². The monoisotopic (exact) mass is 263 g/mol. The Labute approximate surface area is 116 Å². The van der Waals surface area contributed by atoms with Crippen LogP contribution in [0.4, 0.5) is 0 Å². The maximum absolute atomic E-state index is 9.45. The van der Waals surface area contributed by atoms with Crippen LogP contribution in [0.25, 0.3) is 0 Å². The molecule has 1 heterocycles. The maximum atomic E-state index is 9.45. The van der Waals surface area contributed by atoms with Gasteiger partial charge in [0.25, 0.3) is 0 Å². The largest absolute Gasteiger partial charge is 0.492 e. The molecule has 1 unspecified atom stereocenters. The molecule has 0 bridgehead atoms. The first-order valence-electron chi connectivity index (χ1n) is 7.20. The van der Waals surface area contributed by atoms with Gasteiger partial charge in [0.05, 0.1) is 6.10 Å². The second kappa shape index (κ2) is 6.40. The van der Waals surface area contributed by atoms with Crippen molar-refractivity contribution in [3.63, 3.8) is 0 Å². The molecule has 0 aromatic heterocycles. The van der Waals surface area contributed by atoms with E-state index in [1.54, 1.807) is 0 Å². The number of β-amino-alcohol motifs (C(OH)–C–C–N with tert-alkyl or cyclic N) is 1. The molecule has 106 valence electrons. The van der Waals surface area contributed by atoms with E-state index < -0.39 is 0 Å². The van der Waals surface area contributed by atoms with Crippen molar-refractivity contribution in [1.82, 2.24) is 4.90 Å². The predicted molar refractivity (Wildman–Crippen MR) is 77.8 cm³/mol. The molecule has 0 aliphatic carbocycles. The number of aryl methyl sites for hydroxylation is 1. The molecule has 1 aromatic carbocycles. The molecule has 0 spiro atoms. The highest BCUT2D eigenvalue weighted by atomic mass is 16.5. The van der Waals surface area contributed by atoms with Gasteiger partial charge in [-0.3, -0.25) is 4.90 Å².